The smallest absolute Gasteiger partial charge is 0.294 e. The zero-order valence-electron chi connectivity index (χ0n) is 11.5. The van der Waals surface area contributed by atoms with Gasteiger partial charge in [0, 0.05) is 13.0 Å². The van der Waals surface area contributed by atoms with E-state index < -0.39 is 0 Å². The summed E-state index contributed by atoms with van der Waals surface area (Å²) >= 11 is 0. The van der Waals surface area contributed by atoms with Crippen molar-refractivity contribution in [2.24, 2.45) is 0 Å². The molecule has 0 aliphatic carbocycles. The summed E-state index contributed by atoms with van der Waals surface area (Å²) in [4.78, 5) is 25.7. The lowest BCUT2D eigenvalue weighted by Crippen LogP contribution is -2.26. The fraction of sp³-hybridized carbons (Fsp3) is 0.333. The highest BCUT2D eigenvalue weighted by atomic mass is 16.6. The molecule has 2 aliphatic rings. The van der Waals surface area contributed by atoms with Gasteiger partial charge in [-0.2, -0.15) is 0 Å². The number of carbonyl (C=O) groups is 2. The van der Waals surface area contributed by atoms with Crippen molar-refractivity contribution >= 4 is 23.2 Å². The predicted molar refractivity (Wildman–Crippen MR) is 76.6 cm³/mol. The second kappa shape index (κ2) is 5.87. The SMILES string of the molecule is O=C(Nc1ccccc1N1CCCC1=O)C1=COCCO1. The Kier molecular flexibility index (Phi) is 3.77. The highest BCUT2D eigenvalue weighted by molar-refractivity contribution is 6.06. The lowest BCUT2D eigenvalue weighted by atomic mass is 10.2. The number of nitrogens with zero attached hydrogens (tertiary/aromatic N) is 1. The van der Waals surface area contributed by atoms with E-state index in [1.807, 2.05) is 18.2 Å². The van der Waals surface area contributed by atoms with E-state index in [4.69, 9.17) is 9.47 Å². The van der Waals surface area contributed by atoms with Gasteiger partial charge in [0.1, 0.15) is 19.5 Å². The van der Waals surface area contributed by atoms with Crippen LogP contribution in [0.3, 0.4) is 0 Å². The number of ether oxygens (including phenoxy) is 2. The van der Waals surface area contributed by atoms with Crippen LogP contribution in [-0.2, 0) is 19.1 Å². The first-order valence-corrected chi connectivity index (χ1v) is 6.91. The molecule has 0 saturated carbocycles. The van der Waals surface area contributed by atoms with Crippen molar-refractivity contribution in [3.8, 4) is 0 Å². The predicted octanol–water partition coefficient (Wildman–Crippen LogP) is 1.64. The van der Waals surface area contributed by atoms with Crippen molar-refractivity contribution in [1.82, 2.24) is 0 Å². The first-order valence-electron chi connectivity index (χ1n) is 6.91. The molecule has 1 aromatic carbocycles. The van der Waals surface area contributed by atoms with Crippen LogP contribution >= 0.6 is 0 Å². The molecule has 1 N–H and O–H groups in total. The maximum Gasteiger partial charge on any atom is 0.294 e. The third kappa shape index (κ3) is 2.84. The second-order valence-electron chi connectivity index (χ2n) is 4.82. The molecule has 0 radical (unpaired) electrons. The van der Waals surface area contributed by atoms with Crippen molar-refractivity contribution in [3.05, 3.63) is 36.3 Å². The van der Waals surface area contributed by atoms with Gasteiger partial charge in [0.15, 0.2) is 0 Å². The molecule has 0 spiro atoms. The van der Waals surface area contributed by atoms with Gasteiger partial charge in [-0.1, -0.05) is 12.1 Å². The first kappa shape index (κ1) is 13.5. The first-order chi connectivity index (χ1) is 10.3. The van der Waals surface area contributed by atoms with E-state index in [1.165, 1.54) is 6.26 Å². The maximum atomic E-state index is 12.1. The number of rotatable bonds is 3. The largest absolute Gasteiger partial charge is 0.494 e. The van der Waals surface area contributed by atoms with E-state index in [0.29, 0.717) is 37.6 Å². The zero-order valence-corrected chi connectivity index (χ0v) is 11.5. The topological polar surface area (TPSA) is 67.9 Å². The minimum absolute atomic E-state index is 0.0770. The van der Waals surface area contributed by atoms with Gasteiger partial charge in [0.2, 0.25) is 11.7 Å². The molecule has 1 fully saturated rings. The Morgan fingerprint density at radius 3 is 2.81 bits per heavy atom. The molecule has 2 aliphatic heterocycles. The number of anilines is 2. The average molecular weight is 288 g/mol. The van der Waals surface area contributed by atoms with Gasteiger partial charge in [0.25, 0.3) is 5.91 Å². The van der Waals surface area contributed by atoms with Crippen LogP contribution in [0.4, 0.5) is 11.4 Å². The normalized spacial score (nSPS) is 17.8. The van der Waals surface area contributed by atoms with Crippen molar-refractivity contribution < 1.29 is 19.1 Å². The Morgan fingerprint density at radius 2 is 2.10 bits per heavy atom. The monoisotopic (exact) mass is 288 g/mol. The lowest BCUT2D eigenvalue weighted by Gasteiger charge is -2.21. The van der Waals surface area contributed by atoms with Crippen LogP contribution in [0.2, 0.25) is 0 Å². The molecule has 0 bridgehead atoms. The summed E-state index contributed by atoms with van der Waals surface area (Å²) in [5.74, 6) is -0.161. The third-order valence-electron chi connectivity index (χ3n) is 3.39. The molecule has 2 amide bonds. The number of para-hydroxylation sites is 2. The van der Waals surface area contributed by atoms with Gasteiger partial charge >= 0.3 is 0 Å². The van der Waals surface area contributed by atoms with Gasteiger partial charge in [0.05, 0.1) is 11.4 Å². The molecule has 110 valence electrons. The van der Waals surface area contributed by atoms with Crippen LogP contribution in [0.15, 0.2) is 36.3 Å². The minimum atomic E-state index is -0.381. The summed E-state index contributed by atoms with van der Waals surface area (Å²) in [6.07, 6.45) is 2.69. The molecular formula is C15H16N2O4. The fourth-order valence-electron chi connectivity index (χ4n) is 2.39. The van der Waals surface area contributed by atoms with E-state index in [2.05, 4.69) is 5.32 Å². The van der Waals surface area contributed by atoms with E-state index in [-0.39, 0.29) is 17.6 Å². The number of hydrogen-bond acceptors (Lipinski definition) is 4. The van der Waals surface area contributed by atoms with E-state index >= 15 is 0 Å². The Labute approximate surface area is 122 Å². The summed E-state index contributed by atoms with van der Waals surface area (Å²) in [6.45, 7) is 1.47. The van der Waals surface area contributed by atoms with Gasteiger partial charge in [-0.3, -0.25) is 9.59 Å². The number of hydrogen-bond donors (Lipinski definition) is 1. The van der Waals surface area contributed by atoms with E-state index in [0.717, 1.165) is 6.42 Å². The van der Waals surface area contributed by atoms with Gasteiger partial charge < -0.3 is 19.7 Å². The Balaban J connectivity index is 1.80. The second-order valence-corrected chi connectivity index (χ2v) is 4.82. The molecule has 0 unspecified atom stereocenters. The minimum Gasteiger partial charge on any atom is -0.494 e. The molecule has 2 heterocycles. The lowest BCUT2D eigenvalue weighted by molar-refractivity contribution is -0.118. The van der Waals surface area contributed by atoms with Crippen molar-refractivity contribution in [2.45, 2.75) is 12.8 Å². The van der Waals surface area contributed by atoms with Crippen LogP contribution < -0.4 is 10.2 Å². The maximum absolute atomic E-state index is 12.1. The Bertz CT molecular complexity index is 597. The summed E-state index contributed by atoms with van der Waals surface area (Å²) in [5, 5.41) is 2.77. The van der Waals surface area contributed by atoms with Crippen LogP contribution in [0, 0.1) is 0 Å². The summed E-state index contributed by atoms with van der Waals surface area (Å²) < 4.78 is 10.3. The summed E-state index contributed by atoms with van der Waals surface area (Å²) in [6, 6.07) is 7.25. The van der Waals surface area contributed by atoms with Crippen LogP contribution in [0.25, 0.3) is 0 Å². The van der Waals surface area contributed by atoms with Crippen LogP contribution in [0.1, 0.15) is 12.8 Å². The number of nitrogens with one attached hydrogen (secondary N) is 1. The third-order valence-corrected chi connectivity index (χ3v) is 3.39. The van der Waals surface area contributed by atoms with Gasteiger partial charge in [-0.05, 0) is 18.6 Å². The van der Waals surface area contributed by atoms with Crippen molar-refractivity contribution in [3.63, 3.8) is 0 Å². The summed E-state index contributed by atoms with van der Waals surface area (Å²) in [5.41, 5.74) is 1.30. The van der Waals surface area contributed by atoms with E-state index in [1.54, 1.807) is 11.0 Å². The molecule has 0 aromatic heterocycles. The number of benzene rings is 1. The quantitative estimate of drug-likeness (QED) is 0.918. The van der Waals surface area contributed by atoms with E-state index in [9.17, 15) is 9.59 Å². The number of amides is 2. The van der Waals surface area contributed by atoms with Crippen LogP contribution in [0.5, 0.6) is 0 Å². The standard InChI is InChI=1S/C15H16N2O4/c18-14-6-3-7-17(14)12-5-2-1-4-11(12)16-15(19)13-10-20-8-9-21-13/h1-2,4-5,10H,3,6-9H2,(H,16,19). The molecule has 1 aromatic rings. The van der Waals surface area contributed by atoms with Crippen molar-refractivity contribution in [1.29, 1.82) is 0 Å². The highest BCUT2D eigenvalue weighted by Gasteiger charge is 2.25. The Morgan fingerprint density at radius 1 is 1.24 bits per heavy atom. The molecule has 6 heteroatoms. The average Bonchev–Trinajstić information content (AvgIpc) is 2.95. The fourth-order valence-corrected chi connectivity index (χ4v) is 2.39. The molecule has 21 heavy (non-hydrogen) atoms. The molecular weight excluding hydrogens is 272 g/mol. The Hall–Kier alpha value is -2.50. The molecule has 1 saturated heterocycles. The summed E-state index contributed by atoms with van der Waals surface area (Å²) in [7, 11) is 0. The zero-order chi connectivity index (χ0) is 14.7. The molecule has 3 rings (SSSR count). The van der Waals surface area contributed by atoms with Crippen LogP contribution in [-0.4, -0.2) is 31.6 Å². The van der Waals surface area contributed by atoms with Gasteiger partial charge in [-0.25, -0.2) is 0 Å². The molecule has 6 nitrogen and oxygen atoms in total. The molecule has 0 atom stereocenters. The van der Waals surface area contributed by atoms with Gasteiger partial charge in [-0.15, -0.1) is 0 Å². The van der Waals surface area contributed by atoms with Crippen molar-refractivity contribution in [2.75, 3.05) is 30.0 Å². The number of carbonyl (C=O) groups excluding carboxylic acids is 2. The highest BCUT2D eigenvalue weighted by Crippen LogP contribution is 2.29.